The minimum absolute atomic E-state index is 0.197. The van der Waals surface area contributed by atoms with Gasteiger partial charge in [0.1, 0.15) is 0 Å². The second kappa shape index (κ2) is 9.32. The molecule has 0 radical (unpaired) electrons. The largest absolute Gasteiger partial charge is 0.395 e. The molecular formula is C24H27F2N5O4S. The molecule has 1 aliphatic heterocycles. The lowest BCUT2D eigenvalue weighted by Gasteiger charge is -2.35. The molecule has 192 valence electrons. The van der Waals surface area contributed by atoms with Crippen LogP contribution in [-0.2, 0) is 10.0 Å². The lowest BCUT2D eigenvalue weighted by molar-refractivity contribution is 0.0615. The molecule has 3 N–H and O–H groups in total. The number of rotatable bonds is 8. The number of aromatic nitrogens is 2. The van der Waals surface area contributed by atoms with E-state index in [0.717, 1.165) is 25.9 Å². The number of hydrogen-bond acceptors (Lipinski definition) is 6. The third-order valence-electron chi connectivity index (χ3n) is 7.04. The van der Waals surface area contributed by atoms with Gasteiger partial charge in [0.2, 0.25) is 10.0 Å². The average Bonchev–Trinajstić information content (AvgIpc) is 3.44. The highest BCUT2D eigenvalue weighted by molar-refractivity contribution is 7.92. The number of nitrogens with zero attached hydrogens (tertiary/aromatic N) is 3. The summed E-state index contributed by atoms with van der Waals surface area (Å²) in [4.78, 5) is 15.4. The summed E-state index contributed by atoms with van der Waals surface area (Å²) in [6.45, 7) is -1.83. The Hall–Kier alpha value is -3.25. The zero-order valence-corrected chi connectivity index (χ0v) is 20.3. The van der Waals surface area contributed by atoms with Crippen LogP contribution in [0.1, 0.15) is 42.6 Å². The van der Waals surface area contributed by atoms with Gasteiger partial charge >= 0.3 is 6.55 Å². The molecule has 1 aliphatic carbocycles. The van der Waals surface area contributed by atoms with Crippen LogP contribution in [-0.4, -0.2) is 54.7 Å². The molecule has 12 heteroatoms. The molecule has 1 saturated carbocycles. The van der Waals surface area contributed by atoms with Crippen molar-refractivity contribution in [3.8, 4) is 0 Å². The number of aliphatic hydroxyl groups excluding tert-OH is 1. The van der Waals surface area contributed by atoms with Crippen molar-refractivity contribution in [1.82, 2.24) is 9.78 Å². The Bertz CT molecular complexity index is 1390. The van der Waals surface area contributed by atoms with Gasteiger partial charge in [-0.15, -0.1) is 0 Å². The van der Waals surface area contributed by atoms with E-state index in [9.17, 15) is 22.0 Å². The number of fused-ring (bicyclic) bond motifs is 1. The molecule has 5 rings (SSSR count). The van der Waals surface area contributed by atoms with Crippen LogP contribution < -0.4 is 14.9 Å². The molecule has 9 nitrogen and oxygen atoms in total. The number of sulfonamides is 1. The van der Waals surface area contributed by atoms with E-state index in [0.29, 0.717) is 38.1 Å². The van der Waals surface area contributed by atoms with Crippen LogP contribution >= 0.6 is 0 Å². The van der Waals surface area contributed by atoms with E-state index in [1.54, 1.807) is 24.3 Å². The molecule has 0 atom stereocenters. The number of anilines is 3. The molecule has 0 unspecified atom stereocenters. The highest BCUT2D eigenvalue weighted by Gasteiger charge is 2.44. The monoisotopic (exact) mass is 519 g/mol. The van der Waals surface area contributed by atoms with Gasteiger partial charge in [0.05, 0.1) is 41.0 Å². The van der Waals surface area contributed by atoms with Crippen molar-refractivity contribution in [1.29, 1.82) is 0 Å². The zero-order chi connectivity index (χ0) is 25.5. The van der Waals surface area contributed by atoms with Gasteiger partial charge in [-0.2, -0.15) is 13.9 Å². The van der Waals surface area contributed by atoms with Crippen molar-refractivity contribution in [3.63, 3.8) is 0 Å². The normalized spacial score (nSPS) is 17.1. The van der Waals surface area contributed by atoms with E-state index < -0.39 is 34.8 Å². The molecule has 1 aromatic heterocycles. The predicted molar refractivity (Wildman–Crippen MR) is 133 cm³/mol. The molecule has 0 bridgehead atoms. The fraction of sp³-hybridized carbons (Fsp3) is 0.417. The van der Waals surface area contributed by atoms with Crippen LogP contribution in [0.2, 0.25) is 0 Å². The van der Waals surface area contributed by atoms with Gasteiger partial charge in [0, 0.05) is 24.2 Å². The summed E-state index contributed by atoms with van der Waals surface area (Å²) in [7, 11) is -3.74. The number of amides is 1. The van der Waals surface area contributed by atoms with Crippen LogP contribution in [0.5, 0.6) is 0 Å². The Morgan fingerprint density at radius 3 is 2.47 bits per heavy atom. The zero-order valence-electron chi connectivity index (χ0n) is 19.5. The van der Waals surface area contributed by atoms with Gasteiger partial charge in [-0.05, 0) is 67.5 Å². The molecule has 2 fully saturated rings. The quantitative estimate of drug-likeness (QED) is 0.417. The van der Waals surface area contributed by atoms with Crippen LogP contribution in [0, 0.1) is 5.41 Å². The van der Waals surface area contributed by atoms with Gasteiger partial charge in [0.25, 0.3) is 5.91 Å². The number of halogens is 2. The van der Waals surface area contributed by atoms with Crippen LogP contribution in [0.3, 0.4) is 0 Å². The smallest absolute Gasteiger partial charge is 0.333 e. The molecule has 2 heterocycles. The van der Waals surface area contributed by atoms with E-state index >= 15 is 0 Å². The fourth-order valence-electron chi connectivity index (χ4n) is 4.77. The van der Waals surface area contributed by atoms with Gasteiger partial charge in [-0.1, -0.05) is 0 Å². The molecule has 1 spiro atoms. The van der Waals surface area contributed by atoms with Crippen LogP contribution in [0.4, 0.5) is 25.8 Å². The summed E-state index contributed by atoms with van der Waals surface area (Å²) in [6.07, 6.45) is 5.77. The average molecular weight is 520 g/mol. The number of hydrogen-bond donors (Lipinski definition) is 3. The van der Waals surface area contributed by atoms with Crippen molar-refractivity contribution in [2.75, 3.05) is 40.4 Å². The summed E-state index contributed by atoms with van der Waals surface area (Å²) < 4.78 is 53.9. The van der Waals surface area contributed by atoms with Gasteiger partial charge in [0.15, 0.2) is 0 Å². The third-order valence-corrected chi connectivity index (χ3v) is 8.31. The number of carbonyl (C=O) groups is 1. The lowest BCUT2D eigenvalue weighted by atomic mass is 9.93. The Morgan fingerprint density at radius 2 is 1.81 bits per heavy atom. The third kappa shape index (κ3) is 5.00. The highest BCUT2D eigenvalue weighted by Crippen LogP contribution is 2.54. The molecule has 36 heavy (non-hydrogen) atoms. The first-order valence-corrected chi connectivity index (χ1v) is 13.4. The second-order valence-electron chi connectivity index (χ2n) is 9.46. The van der Waals surface area contributed by atoms with Gasteiger partial charge < -0.3 is 15.3 Å². The highest BCUT2D eigenvalue weighted by atomic mass is 32.2. The molecule has 1 amide bonds. The fourth-order valence-corrected chi connectivity index (χ4v) is 5.60. The molecule has 1 saturated heterocycles. The summed E-state index contributed by atoms with van der Waals surface area (Å²) >= 11 is 0. The van der Waals surface area contributed by atoms with Crippen molar-refractivity contribution >= 4 is 43.9 Å². The summed E-state index contributed by atoms with van der Waals surface area (Å²) in [5.74, 6) is -0.877. The maximum absolute atomic E-state index is 13.3. The van der Waals surface area contributed by atoms with Gasteiger partial charge in [-0.3, -0.25) is 9.52 Å². The Morgan fingerprint density at radius 1 is 1.08 bits per heavy atom. The number of piperidine rings is 1. The van der Waals surface area contributed by atoms with Crippen molar-refractivity contribution in [2.24, 2.45) is 5.41 Å². The minimum Gasteiger partial charge on any atom is -0.395 e. The van der Waals surface area contributed by atoms with Crippen LogP contribution in [0.25, 0.3) is 10.9 Å². The van der Waals surface area contributed by atoms with Crippen LogP contribution in [0.15, 0.2) is 42.6 Å². The molecular weight excluding hydrogens is 492 g/mol. The Kier molecular flexibility index (Phi) is 6.33. The Labute approximate surface area is 207 Å². The maximum atomic E-state index is 13.3. The first-order valence-electron chi connectivity index (χ1n) is 11.8. The van der Waals surface area contributed by atoms with E-state index in [4.69, 9.17) is 5.11 Å². The molecule has 2 aromatic carbocycles. The predicted octanol–water partition coefficient (Wildman–Crippen LogP) is 3.80. The lowest BCUT2D eigenvalue weighted by Crippen LogP contribution is -2.35. The SMILES string of the molecule is O=C(Nc1ccc2cnn(C(F)F)c2c1)c1ccc(NS(=O)(=O)CCO)cc1N1CCC2(CC1)CC2. The number of benzene rings is 2. The van der Waals surface area contributed by atoms with E-state index in [2.05, 4.69) is 20.0 Å². The number of carbonyl (C=O) groups excluding carboxylic acids is 1. The maximum Gasteiger partial charge on any atom is 0.333 e. The van der Waals surface area contributed by atoms with Crippen molar-refractivity contribution < 1.29 is 27.1 Å². The first kappa shape index (κ1) is 24.4. The number of aliphatic hydroxyl groups is 1. The van der Waals surface area contributed by atoms with E-state index in [-0.39, 0.29) is 5.52 Å². The standard InChI is InChI=1S/C24H27F2N5O4S/c25-23(26)31-20-13-17(2-1-16(20)15-27-31)28-22(33)19-4-3-18(29-36(34,35)12-11-32)14-21(19)30-9-7-24(5-6-24)8-10-30/h1-4,13-15,23,29,32H,5-12H2,(H,28,33). The Balaban J connectivity index is 1.44. The summed E-state index contributed by atoms with van der Waals surface area (Å²) in [5.41, 5.74) is 2.17. The molecule has 3 aromatic rings. The number of nitrogens with one attached hydrogen (secondary N) is 2. The molecule has 2 aliphatic rings. The number of alkyl halides is 2. The minimum atomic E-state index is -3.74. The first-order chi connectivity index (χ1) is 17.2. The topological polar surface area (TPSA) is 117 Å². The van der Waals surface area contributed by atoms with Gasteiger partial charge in [-0.25, -0.2) is 13.1 Å². The summed E-state index contributed by atoms with van der Waals surface area (Å²) in [5, 5.41) is 16.0. The van der Waals surface area contributed by atoms with E-state index in [1.165, 1.54) is 31.2 Å². The van der Waals surface area contributed by atoms with E-state index in [1.807, 2.05) is 0 Å². The second-order valence-corrected chi connectivity index (χ2v) is 11.3. The van der Waals surface area contributed by atoms with Crippen molar-refractivity contribution in [2.45, 2.75) is 32.2 Å². The summed E-state index contributed by atoms with van der Waals surface area (Å²) in [6, 6.07) is 9.34. The van der Waals surface area contributed by atoms with Crippen molar-refractivity contribution in [3.05, 3.63) is 48.2 Å².